The molecule has 68 valence electrons. The van der Waals surface area contributed by atoms with Crippen molar-refractivity contribution in [2.45, 2.75) is 18.2 Å². The summed E-state index contributed by atoms with van der Waals surface area (Å²) < 4.78 is 1.05. The topological polar surface area (TPSA) is 25.8 Å². The van der Waals surface area contributed by atoms with Crippen molar-refractivity contribution in [1.82, 2.24) is 10.2 Å². The lowest BCUT2D eigenvalue weighted by molar-refractivity contribution is 0.758. The van der Waals surface area contributed by atoms with E-state index in [1.807, 2.05) is 6.92 Å². The number of rotatable bonds is 4. The summed E-state index contributed by atoms with van der Waals surface area (Å²) in [4.78, 5) is 0. The van der Waals surface area contributed by atoms with Crippen LogP contribution in [0.1, 0.15) is 11.9 Å². The standard InChI is InChI=1S/C7H11ClN2S2/c1-5(3-8)4-11-7-10-9-6(2)12-7/h5H,3-4H2,1-2H3. The molecule has 2 nitrogen and oxygen atoms in total. The number of hydrogen-bond acceptors (Lipinski definition) is 4. The first-order valence-corrected chi connectivity index (χ1v) is 6.05. The minimum atomic E-state index is 0.542. The van der Waals surface area contributed by atoms with E-state index in [4.69, 9.17) is 11.6 Å². The van der Waals surface area contributed by atoms with Crippen molar-refractivity contribution in [2.75, 3.05) is 11.6 Å². The van der Waals surface area contributed by atoms with E-state index in [9.17, 15) is 0 Å². The van der Waals surface area contributed by atoms with E-state index in [0.717, 1.165) is 15.1 Å². The van der Waals surface area contributed by atoms with Gasteiger partial charge in [-0.3, -0.25) is 0 Å². The monoisotopic (exact) mass is 222 g/mol. The van der Waals surface area contributed by atoms with Crippen molar-refractivity contribution < 1.29 is 0 Å². The number of aryl methyl sites for hydroxylation is 1. The summed E-state index contributed by atoms with van der Waals surface area (Å²) in [6.45, 7) is 4.10. The second-order valence-electron chi connectivity index (χ2n) is 2.66. The molecule has 0 saturated heterocycles. The fourth-order valence-electron chi connectivity index (χ4n) is 0.595. The van der Waals surface area contributed by atoms with Gasteiger partial charge in [0, 0.05) is 11.6 Å². The molecular formula is C7H11ClN2S2. The van der Waals surface area contributed by atoms with E-state index < -0.39 is 0 Å². The highest BCUT2D eigenvalue weighted by atomic mass is 35.5. The Labute approximate surface area is 85.7 Å². The summed E-state index contributed by atoms with van der Waals surface area (Å²) in [7, 11) is 0. The zero-order valence-corrected chi connectivity index (χ0v) is 9.47. The zero-order chi connectivity index (χ0) is 8.97. The lowest BCUT2D eigenvalue weighted by Crippen LogP contribution is -1.98. The lowest BCUT2D eigenvalue weighted by Gasteiger charge is -2.02. The highest BCUT2D eigenvalue weighted by molar-refractivity contribution is 8.01. The molecule has 0 aromatic carbocycles. The molecule has 1 atom stereocenters. The summed E-state index contributed by atoms with van der Waals surface area (Å²) in [6, 6.07) is 0. The van der Waals surface area contributed by atoms with Crippen LogP contribution < -0.4 is 0 Å². The third-order valence-electron chi connectivity index (χ3n) is 1.26. The van der Waals surface area contributed by atoms with Crippen LogP contribution >= 0.6 is 34.7 Å². The molecular weight excluding hydrogens is 212 g/mol. The molecule has 0 N–H and O–H groups in total. The van der Waals surface area contributed by atoms with E-state index in [0.29, 0.717) is 11.8 Å². The van der Waals surface area contributed by atoms with Crippen molar-refractivity contribution in [3.63, 3.8) is 0 Å². The Balaban J connectivity index is 2.33. The van der Waals surface area contributed by atoms with Gasteiger partial charge in [0.05, 0.1) is 0 Å². The van der Waals surface area contributed by atoms with Crippen LogP contribution in [0.4, 0.5) is 0 Å². The van der Waals surface area contributed by atoms with Crippen LogP contribution in [-0.4, -0.2) is 21.8 Å². The van der Waals surface area contributed by atoms with Crippen LogP contribution in [0, 0.1) is 12.8 Å². The van der Waals surface area contributed by atoms with Crippen molar-refractivity contribution in [1.29, 1.82) is 0 Å². The normalized spacial score (nSPS) is 13.2. The molecule has 0 aliphatic carbocycles. The molecule has 0 saturated carbocycles. The van der Waals surface area contributed by atoms with Crippen molar-refractivity contribution >= 4 is 34.7 Å². The van der Waals surface area contributed by atoms with E-state index in [2.05, 4.69) is 17.1 Å². The van der Waals surface area contributed by atoms with Gasteiger partial charge >= 0.3 is 0 Å². The largest absolute Gasteiger partial charge is 0.174 e. The predicted octanol–water partition coefficient (Wildman–Crippen LogP) is 2.81. The molecule has 0 aliphatic rings. The first-order chi connectivity index (χ1) is 5.72. The van der Waals surface area contributed by atoms with E-state index in [1.165, 1.54) is 0 Å². The molecule has 0 radical (unpaired) electrons. The smallest absolute Gasteiger partial charge is 0.143 e. The molecule has 5 heteroatoms. The van der Waals surface area contributed by atoms with Crippen molar-refractivity contribution in [3.8, 4) is 0 Å². The molecule has 0 amide bonds. The number of thioether (sulfide) groups is 1. The Morgan fingerprint density at radius 1 is 1.58 bits per heavy atom. The Bertz CT molecular complexity index is 239. The van der Waals surface area contributed by atoms with Crippen LogP contribution in [0.25, 0.3) is 0 Å². The molecule has 1 rings (SSSR count). The van der Waals surface area contributed by atoms with Gasteiger partial charge < -0.3 is 0 Å². The average Bonchev–Trinajstić information content (AvgIpc) is 2.47. The number of alkyl halides is 1. The molecule has 1 aromatic heterocycles. The summed E-state index contributed by atoms with van der Waals surface area (Å²) >= 11 is 9.05. The second kappa shape index (κ2) is 5.04. The molecule has 0 fully saturated rings. The maximum Gasteiger partial charge on any atom is 0.174 e. The molecule has 12 heavy (non-hydrogen) atoms. The lowest BCUT2D eigenvalue weighted by atomic mass is 10.3. The fraction of sp³-hybridized carbons (Fsp3) is 0.714. The number of aromatic nitrogens is 2. The third kappa shape index (κ3) is 3.29. The Kier molecular flexibility index (Phi) is 4.32. The van der Waals surface area contributed by atoms with Crippen LogP contribution in [0.3, 0.4) is 0 Å². The first-order valence-electron chi connectivity index (χ1n) is 3.71. The molecule has 0 bridgehead atoms. The summed E-state index contributed by atoms with van der Waals surface area (Å²) in [5.41, 5.74) is 0. The Morgan fingerprint density at radius 2 is 2.33 bits per heavy atom. The predicted molar refractivity (Wildman–Crippen MR) is 55.3 cm³/mol. The maximum atomic E-state index is 5.68. The highest BCUT2D eigenvalue weighted by Crippen LogP contribution is 2.23. The van der Waals surface area contributed by atoms with Crippen molar-refractivity contribution in [2.24, 2.45) is 5.92 Å². The molecule has 1 aromatic rings. The Morgan fingerprint density at radius 3 is 2.83 bits per heavy atom. The van der Waals surface area contributed by atoms with Gasteiger partial charge in [0.25, 0.3) is 0 Å². The number of halogens is 1. The Hall–Kier alpha value is 0.200. The second-order valence-corrected chi connectivity index (χ2v) is 5.41. The van der Waals surface area contributed by atoms with Gasteiger partial charge in [-0.1, -0.05) is 30.0 Å². The van der Waals surface area contributed by atoms with Crippen molar-refractivity contribution in [3.05, 3.63) is 5.01 Å². The first kappa shape index (κ1) is 10.3. The SMILES string of the molecule is Cc1nnc(SCC(C)CCl)s1. The van der Waals surface area contributed by atoms with Crippen LogP contribution in [0.15, 0.2) is 4.34 Å². The van der Waals surface area contributed by atoms with Gasteiger partial charge in [0.15, 0.2) is 4.34 Å². The third-order valence-corrected chi connectivity index (χ3v) is 4.09. The van der Waals surface area contributed by atoms with E-state index >= 15 is 0 Å². The minimum Gasteiger partial charge on any atom is -0.143 e. The maximum absolute atomic E-state index is 5.68. The van der Waals surface area contributed by atoms with Gasteiger partial charge in [0.1, 0.15) is 5.01 Å². The van der Waals surface area contributed by atoms with Crippen LogP contribution in [0.2, 0.25) is 0 Å². The van der Waals surface area contributed by atoms with Crippen LogP contribution in [0.5, 0.6) is 0 Å². The molecule has 0 aliphatic heterocycles. The molecule has 1 heterocycles. The summed E-state index contributed by atoms with van der Waals surface area (Å²) in [5, 5.41) is 8.97. The van der Waals surface area contributed by atoms with Gasteiger partial charge in [-0.2, -0.15) is 0 Å². The van der Waals surface area contributed by atoms with Gasteiger partial charge in [0.2, 0.25) is 0 Å². The zero-order valence-electron chi connectivity index (χ0n) is 7.08. The van der Waals surface area contributed by atoms with Crippen LogP contribution in [-0.2, 0) is 0 Å². The van der Waals surface area contributed by atoms with E-state index in [-0.39, 0.29) is 0 Å². The van der Waals surface area contributed by atoms with Gasteiger partial charge in [-0.05, 0) is 12.8 Å². The highest BCUT2D eigenvalue weighted by Gasteiger charge is 2.04. The van der Waals surface area contributed by atoms with E-state index in [1.54, 1.807) is 23.1 Å². The average molecular weight is 223 g/mol. The van der Waals surface area contributed by atoms with Gasteiger partial charge in [-0.15, -0.1) is 21.8 Å². The minimum absolute atomic E-state index is 0.542. The quantitative estimate of drug-likeness (QED) is 0.579. The molecule has 1 unspecified atom stereocenters. The fourth-order valence-corrected chi connectivity index (χ4v) is 2.69. The summed E-state index contributed by atoms with van der Waals surface area (Å²) in [5.74, 6) is 2.28. The summed E-state index contributed by atoms with van der Waals surface area (Å²) in [6.07, 6.45) is 0. The number of nitrogens with zero attached hydrogens (tertiary/aromatic N) is 2. The van der Waals surface area contributed by atoms with Gasteiger partial charge in [-0.25, -0.2) is 0 Å². The molecule has 0 spiro atoms. The number of hydrogen-bond donors (Lipinski definition) is 0.